The highest BCUT2D eigenvalue weighted by atomic mass is 16.5. The summed E-state index contributed by atoms with van der Waals surface area (Å²) in [5.41, 5.74) is 6.43. The predicted molar refractivity (Wildman–Crippen MR) is 187 cm³/mol. The molecule has 2 aromatic heterocycles. The number of benzene rings is 4. The number of carbonyl (C=O) groups excluding carboxylic acids is 1. The van der Waals surface area contributed by atoms with E-state index in [0.717, 1.165) is 70.6 Å². The smallest absolute Gasteiger partial charge is 0.193 e. The Bertz CT molecular complexity index is 1870. The fraction of sp³-hybridized carbons (Fsp3) is 0.256. The fourth-order valence-corrected chi connectivity index (χ4v) is 6.11. The molecule has 6 aromatic rings. The van der Waals surface area contributed by atoms with E-state index < -0.39 is 0 Å². The highest BCUT2D eigenvalue weighted by Crippen LogP contribution is 2.38. The van der Waals surface area contributed by atoms with E-state index in [4.69, 9.17) is 18.3 Å². The average Bonchev–Trinajstić information content (AvgIpc) is 3.72. The van der Waals surface area contributed by atoms with Gasteiger partial charge < -0.3 is 28.1 Å². The molecule has 0 radical (unpaired) electrons. The number of rotatable bonds is 12. The van der Waals surface area contributed by atoms with Crippen molar-refractivity contribution in [3.63, 3.8) is 0 Å². The van der Waals surface area contributed by atoms with E-state index in [9.17, 15) is 4.79 Å². The van der Waals surface area contributed by atoms with Crippen LogP contribution in [-0.2, 0) is 0 Å². The number of methoxy groups -OCH3 is 2. The van der Waals surface area contributed by atoms with Gasteiger partial charge in [0.2, 0.25) is 0 Å². The van der Waals surface area contributed by atoms with Crippen molar-refractivity contribution in [3.05, 3.63) is 96.1 Å². The first kappa shape index (κ1) is 30.8. The number of furan rings is 2. The summed E-state index contributed by atoms with van der Waals surface area (Å²) < 4.78 is 24.1. The van der Waals surface area contributed by atoms with Crippen LogP contribution < -0.4 is 19.3 Å². The van der Waals surface area contributed by atoms with Crippen LogP contribution in [0.2, 0.25) is 0 Å². The largest absolute Gasteiger partial charge is 0.496 e. The van der Waals surface area contributed by atoms with Gasteiger partial charge in [0, 0.05) is 71.6 Å². The number of hydrogen-bond acceptors (Lipinski definition) is 7. The van der Waals surface area contributed by atoms with E-state index in [1.165, 1.54) is 0 Å². The summed E-state index contributed by atoms with van der Waals surface area (Å²) in [6.45, 7) is 12.3. The van der Waals surface area contributed by atoms with E-state index in [1.54, 1.807) is 26.4 Å². The molecule has 4 aromatic carbocycles. The predicted octanol–water partition coefficient (Wildman–Crippen LogP) is 9.45. The number of hydrogen-bond donors (Lipinski definition) is 0. The minimum Gasteiger partial charge on any atom is -0.496 e. The number of ketones is 1. The van der Waals surface area contributed by atoms with Crippen molar-refractivity contribution in [2.45, 2.75) is 27.7 Å². The molecule has 0 unspecified atom stereocenters. The molecule has 2 heterocycles. The topological polar surface area (TPSA) is 68.3 Å². The minimum absolute atomic E-state index is 0.142. The Morgan fingerprint density at radius 2 is 0.978 bits per heavy atom. The second-order valence-corrected chi connectivity index (χ2v) is 11.2. The van der Waals surface area contributed by atoms with Crippen molar-refractivity contribution in [2.75, 3.05) is 50.2 Å². The number of fused-ring (bicyclic) bond motifs is 2. The lowest BCUT2D eigenvalue weighted by molar-refractivity contribution is 0.103. The van der Waals surface area contributed by atoms with Crippen molar-refractivity contribution in [1.29, 1.82) is 0 Å². The number of carbonyl (C=O) groups is 1. The van der Waals surface area contributed by atoms with Gasteiger partial charge >= 0.3 is 0 Å². The summed E-state index contributed by atoms with van der Waals surface area (Å²) in [4.78, 5) is 18.3. The quantitative estimate of drug-likeness (QED) is 0.127. The van der Waals surface area contributed by atoms with Crippen LogP contribution in [-0.4, -0.2) is 46.2 Å². The van der Waals surface area contributed by atoms with E-state index in [2.05, 4.69) is 73.9 Å². The van der Waals surface area contributed by atoms with Gasteiger partial charge in [-0.25, -0.2) is 0 Å². The Morgan fingerprint density at radius 1 is 0.565 bits per heavy atom. The Labute approximate surface area is 269 Å². The normalized spacial score (nSPS) is 11.3. The maximum absolute atomic E-state index is 13.7. The van der Waals surface area contributed by atoms with E-state index in [-0.39, 0.29) is 5.78 Å². The molecule has 236 valence electrons. The van der Waals surface area contributed by atoms with Crippen molar-refractivity contribution in [2.24, 2.45) is 0 Å². The van der Waals surface area contributed by atoms with Crippen molar-refractivity contribution in [1.82, 2.24) is 0 Å². The van der Waals surface area contributed by atoms with Gasteiger partial charge in [0.05, 0.1) is 25.3 Å². The minimum atomic E-state index is -0.142. The summed E-state index contributed by atoms with van der Waals surface area (Å²) >= 11 is 0. The lowest BCUT2D eigenvalue weighted by Crippen LogP contribution is -2.21. The van der Waals surface area contributed by atoms with Crippen LogP contribution >= 0.6 is 0 Å². The van der Waals surface area contributed by atoms with Gasteiger partial charge in [-0.3, -0.25) is 4.79 Å². The van der Waals surface area contributed by atoms with Gasteiger partial charge in [-0.1, -0.05) is 12.1 Å². The van der Waals surface area contributed by atoms with Crippen LogP contribution in [0.4, 0.5) is 11.4 Å². The Kier molecular flexibility index (Phi) is 8.75. The summed E-state index contributed by atoms with van der Waals surface area (Å²) in [6.07, 6.45) is 0. The maximum Gasteiger partial charge on any atom is 0.193 e. The first-order chi connectivity index (χ1) is 22.4. The molecule has 6 rings (SSSR count). The average molecular weight is 617 g/mol. The molecule has 7 heteroatoms. The second kappa shape index (κ2) is 13.1. The molecule has 0 fully saturated rings. The molecule has 0 N–H and O–H groups in total. The molecule has 0 saturated heterocycles. The molecule has 7 nitrogen and oxygen atoms in total. The van der Waals surface area contributed by atoms with Gasteiger partial charge in [-0.2, -0.15) is 0 Å². The van der Waals surface area contributed by atoms with E-state index >= 15 is 0 Å². The zero-order chi connectivity index (χ0) is 32.4. The van der Waals surface area contributed by atoms with Gasteiger partial charge in [0.1, 0.15) is 34.2 Å². The molecule has 46 heavy (non-hydrogen) atoms. The van der Waals surface area contributed by atoms with Gasteiger partial charge in [0.15, 0.2) is 5.78 Å². The van der Waals surface area contributed by atoms with Crippen molar-refractivity contribution >= 4 is 39.1 Å². The Morgan fingerprint density at radius 3 is 1.35 bits per heavy atom. The number of nitrogens with zero attached hydrogens (tertiary/aromatic N) is 2. The highest BCUT2D eigenvalue weighted by molar-refractivity contribution is 6.10. The molecule has 0 saturated carbocycles. The van der Waals surface area contributed by atoms with Crippen LogP contribution in [0.1, 0.15) is 43.6 Å². The van der Waals surface area contributed by atoms with Gasteiger partial charge in [0.25, 0.3) is 0 Å². The highest BCUT2D eigenvalue weighted by Gasteiger charge is 2.19. The maximum atomic E-state index is 13.7. The third-order valence-corrected chi connectivity index (χ3v) is 8.72. The standard InChI is InChI=1S/C39H40N2O5/c1-7-40(8-2)29-15-11-25-19-37(45-33(25)23-29)31-17-13-27(21-35(31)43-5)39(42)28-14-18-32(36(22-28)44-6)38-20-26-12-16-30(24-34(26)46-38)41(9-3)10-4/h11-24H,7-10H2,1-6H3. The van der Waals surface area contributed by atoms with Crippen LogP contribution in [0.15, 0.2) is 93.8 Å². The third kappa shape index (κ3) is 5.69. The number of anilines is 2. The molecule has 0 aliphatic heterocycles. The Hall–Kier alpha value is -5.17. The van der Waals surface area contributed by atoms with Crippen LogP contribution in [0, 0.1) is 0 Å². The Balaban J connectivity index is 1.28. The SMILES string of the molecule is CCN(CC)c1ccc2cc(-c3ccc(C(=O)c4ccc(-c5cc6ccc(N(CC)CC)cc6o5)c(OC)c4)cc3OC)oc2c1. The summed E-state index contributed by atoms with van der Waals surface area (Å²) in [5, 5.41) is 2.02. The van der Waals surface area contributed by atoms with Crippen LogP contribution in [0.3, 0.4) is 0 Å². The van der Waals surface area contributed by atoms with Gasteiger partial charge in [-0.05, 0) is 88.4 Å². The molecule has 0 aliphatic rings. The van der Waals surface area contributed by atoms with E-state index in [1.807, 2.05) is 36.4 Å². The molecular formula is C39H40N2O5. The molecule has 0 atom stereocenters. The van der Waals surface area contributed by atoms with E-state index in [0.29, 0.717) is 34.1 Å². The van der Waals surface area contributed by atoms with Gasteiger partial charge in [-0.15, -0.1) is 0 Å². The monoisotopic (exact) mass is 616 g/mol. The first-order valence-corrected chi connectivity index (χ1v) is 15.9. The zero-order valence-corrected chi connectivity index (χ0v) is 27.3. The lowest BCUT2D eigenvalue weighted by Gasteiger charge is -2.20. The molecular weight excluding hydrogens is 576 g/mol. The summed E-state index contributed by atoms with van der Waals surface area (Å²) in [5.74, 6) is 2.34. The third-order valence-electron chi connectivity index (χ3n) is 8.72. The summed E-state index contributed by atoms with van der Waals surface area (Å²) in [6, 6.07) is 27.4. The first-order valence-electron chi connectivity index (χ1n) is 15.9. The lowest BCUT2D eigenvalue weighted by atomic mass is 9.98. The molecule has 0 amide bonds. The van der Waals surface area contributed by atoms with Crippen molar-refractivity contribution in [3.8, 4) is 34.1 Å². The molecule has 0 spiro atoms. The summed E-state index contributed by atoms with van der Waals surface area (Å²) in [7, 11) is 3.20. The van der Waals surface area contributed by atoms with Crippen LogP contribution in [0.5, 0.6) is 11.5 Å². The van der Waals surface area contributed by atoms with Crippen molar-refractivity contribution < 1.29 is 23.1 Å². The number of ether oxygens (including phenoxy) is 2. The zero-order valence-electron chi connectivity index (χ0n) is 27.3. The van der Waals surface area contributed by atoms with Crippen LogP contribution in [0.25, 0.3) is 44.6 Å². The molecule has 0 bridgehead atoms. The second-order valence-electron chi connectivity index (χ2n) is 11.2. The molecule has 0 aliphatic carbocycles. The fourth-order valence-electron chi connectivity index (χ4n) is 6.11.